The van der Waals surface area contributed by atoms with Gasteiger partial charge < -0.3 is 39.0 Å². The molecule has 0 aromatic heterocycles. The van der Waals surface area contributed by atoms with Crippen LogP contribution in [0.4, 0.5) is 13.2 Å². The Hall–Kier alpha value is -5.06. The van der Waals surface area contributed by atoms with Crippen molar-refractivity contribution in [1.82, 2.24) is 10.2 Å². The first-order chi connectivity index (χ1) is 30.8. The fraction of sp³-hybridized carbons (Fsp3) is 0.571. The predicted octanol–water partition coefficient (Wildman–Crippen LogP) is 7.97. The van der Waals surface area contributed by atoms with Crippen molar-refractivity contribution in [3.63, 3.8) is 0 Å². The Kier molecular flexibility index (Phi) is 19.8. The lowest BCUT2D eigenvalue weighted by molar-refractivity contribution is -0.190. The first kappa shape index (κ1) is 52.6. The summed E-state index contributed by atoms with van der Waals surface area (Å²) in [6.45, 7) is 7.15. The summed E-state index contributed by atoms with van der Waals surface area (Å²) in [4.78, 5) is 68.9. The van der Waals surface area contributed by atoms with Crippen LogP contribution in [0, 0.1) is 0 Å². The zero-order valence-electron chi connectivity index (χ0n) is 38.3. The van der Waals surface area contributed by atoms with E-state index < -0.39 is 90.9 Å². The molecule has 0 spiro atoms. The number of aliphatic hydroxyl groups excluding tert-OH is 1. The highest BCUT2D eigenvalue weighted by Gasteiger charge is 2.53. The maximum Gasteiger partial charge on any atom is 0.422 e. The molecule has 16 heteroatoms. The zero-order chi connectivity index (χ0) is 47.8. The van der Waals surface area contributed by atoms with E-state index in [1.807, 2.05) is 30.3 Å². The second kappa shape index (κ2) is 24.5. The number of benzene rings is 2. The van der Waals surface area contributed by atoms with Crippen molar-refractivity contribution in [3.8, 4) is 0 Å². The van der Waals surface area contributed by atoms with Crippen molar-refractivity contribution in [2.45, 2.75) is 160 Å². The number of alkyl halides is 3. The molecule has 1 heterocycles. The number of ether oxygens (including phenoxy) is 5. The van der Waals surface area contributed by atoms with Crippen molar-refractivity contribution in [3.05, 3.63) is 89.0 Å². The molecular formula is C49H65F3N2O11. The van der Waals surface area contributed by atoms with Crippen LogP contribution in [0.25, 0.3) is 6.08 Å². The van der Waals surface area contributed by atoms with Crippen molar-refractivity contribution in [1.29, 1.82) is 0 Å². The van der Waals surface area contributed by atoms with Crippen LogP contribution >= 0.6 is 0 Å². The van der Waals surface area contributed by atoms with Crippen LogP contribution in [0.15, 0.2) is 72.3 Å². The van der Waals surface area contributed by atoms with Crippen LogP contribution < -0.4 is 5.32 Å². The van der Waals surface area contributed by atoms with Gasteiger partial charge in [0.05, 0.1) is 18.2 Å². The summed E-state index contributed by atoms with van der Waals surface area (Å²) in [5, 5.41) is 13.0. The van der Waals surface area contributed by atoms with Gasteiger partial charge in [0.25, 0.3) is 0 Å². The quantitative estimate of drug-likeness (QED) is 0.0481. The van der Waals surface area contributed by atoms with Crippen LogP contribution in [0.2, 0.25) is 0 Å². The summed E-state index contributed by atoms with van der Waals surface area (Å²) >= 11 is 0. The van der Waals surface area contributed by atoms with Gasteiger partial charge in [-0.1, -0.05) is 88.1 Å². The number of aliphatic hydroxyl groups is 1. The molecule has 1 aliphatic heterocycles. The minimum atomic E-state index is -4.72. The van der Waals surface area contributed by atoms with E-state index in [0.29, 0.717) is 12.8 Å². The summed E-state index contributed by atoms with van der Waals surface area (Å²) < 4.78 is 67.3. The fourth-order valence-electron chi connectivity index (χ4n) is 7.78. The Morgan fingerprint density at radius 1 is 0.938 bits per heavy atom. The molecule has 65 heavy (non-hydrogen) atoms. The summed E-state index contributed by atoms with van der Waals surface area (Å²) in [7, 11) is 1.49. The molecule has 1 aliphatic carbocycles. The SMILES string of the molecule is CCCCCC1(CCCCC)O[C@@H]2[C@@H](C=C(C(=O)N(C)[C@H](Cc3ccccc3)C(=O)N[C@H](CO)CCC(=O)OC(C)(C)C)C[C@H]2OC(=O)c2ccccc2C=CC(=O)OCC(F)(F)F)O1. The van der Waals surface area contributed by atoms with Gasteiger partial charge in [0, 0.05) is 50.8 Å². The van der Waals surface area contributed by atoms with Gasteiger partial charge in [0.2, 0.25) is 11.8 Å². The smallest absolute Gasteiger partial charge is 0.422 e. The van der Waals surface area contributed by atoms with E-state index in [9.17, 15) is 42.3 Å². The Morgan fingerprint density at radius 2 is 1.58 bits per heavy atom. The molecule has 5 atom stereocenters. The number of nitrogens with one attached hydrogen (secondary N) is 1. The molecule has 0 unspecified atom stereocenters. The number of fused-ring (bicyclic) bond motifs is 1. The van der Waals surface area contributed by atoms with Crippen LogP contribution in [0.3, 0.4) is 0 Å². The van der Waals surface area contributed by atoms with Gasteiger partial charge in [-0.3, -0.25) is 14.4 Å². The number of likely N-dealkylation sites (N-methyl/N-ethyl adjacent to an activating group) is 1. The number of halogens is 3. The first-order valence-electron chi connectivity index (χ1n) is 22.5. The highest BCUT2D eigenvalue weighted by molar-refractivity contribution is 5.98. The number of nitrogens with zero attached hydrogens (tertiary/aromatic N) is 1. The number of esters is 3. The molecule has 1 fully saturated rings. The van der Waals surface area contributed by atoms with E-state index in [2.05, 4.69) is 23.9 Å². The standard InChI is InChI=1S/C49H65F3N2O11/c1-7-9-16-26-48(27-17-10-8-2)63-40-30-35(29-39(43(40)65-48)62-46(60)37-21-15-14-20-34(37)22-24-41(56)61-32-49(50,51)52)45(59)54(6)38(28-33-18-12-11-13-19-33)44(58)53-36(31-55)23-25-42(57)64-47(3,4)5/h11-15,18-22,24,30,36,38-40,43,55H,7-10,16-17,23,25-29,31-32H2,1-6H3,(H,53,58)/t36-,38+,39+,40+,43-/m0/s1. The monoisotopic (exact) mass is 914 g/mol. The maximum atomic E-state index is 14.7. The molecule has 2 aromatic carbocycles. The topological polar surface area (TPSA) is 167 Å². The van der Waals surface area contributed by atoms with Gasteiger partial charge in [0.15, 0.2) is 12.4 Å². The summed E-state index contributed by atoms with van der Waals surface area (Å²) in [6.07, 6.45) is 2.65. The molecule has 4 rings (SSSR count). The normalized spacial score (nSPS) is 19.1. The Labute approximate surface area is 380 Å². The van der Waals surface area contributed by atoms with Gasteiger partial charge in [-0.05, 0) is 69.4 Å². The minimum absolute atomic E-state index is 0.00996. The second-order valence-electron chi connectivity index (χ2n) is 17.6. The summed E-state index contributed by atoms with van der Waals surface area (Å²) in [5.41, 5.74) is 0.394. The van der Waals surface area contributed by atoms with Crippen LogP contribution in [0.5, 0.6) is 0 Å². The third-order valence-electron chi connectivity index (χ3n) is 11.0. The molecule has 2 aromatic rings. The fourth-order valence-corrected chi connectivity index (χ4v) is 7.78. The largest absolute Gasteiger partial charge is 0.460 e. The Morgan fingerprint density at radius 3 is 2.20 bits per heavy atom. The van der Waals surface area contributed by atoms with E-state index in [1.54, 1.807) is 39.0 Å². The van der Waals surface area contributed by atoms with E-state index in [-0.39, 0.29) is 42.4 Å². The number of hydrogen-bond acceptors (Lipinski definition) is 11. The lowest BCUT2D eigenvalue weighted by Gasteiger charge is -2.34. The molecule has 0 saturated carbocycles. The number of rotatable bonds is 23. The Bertz CT molecular complexity index is 1950. The summed E-state index contributed by atoms with van der Waals surface area (Å²) in [6, 6.07) is 13.2. The molecule has 13 nitrogen and oxygen atoms in total. The number of amides is 2. The van der Waals surface area contributed by atoms with Crippen LogP contribution in [-0.2, 0) is 49.3 Å². The van der Waals surface area contributed by atoms with Gasteiger partial charge >= 0.3 is 24.1 Å². The van der Waals surface area contributed by atoms with E-state index in [1.165, 1.54) is 24.1 Å². The third-order valence-corrected chi connectivity index (χ3v) is 11.0. The van der Waals surface area contributed by atoms with E-state index >= 15 is 0 Å². The lowest BCUT2D eigenvalue weighted by Crippen LogP contribution is -2.53. The van der Waals surface area contributed by atoms with Crippen molar-refractivity contribution in [2.24, 2.45) is 0 Å². The minimum Gasteiger partial charge on any atom is -0.460 e. The maximum absolute atomic E-state index is 14.7. The molecule has 0 bridgehead atoms. The highest BCUT2D eigenvalue weighted by atomic mass is 19.4. The number of carbonyl (C=O) groups excluding carboxylic acids is 5. The Balaban J connectivity index is 1.66. The van der Waals surface area contributed by atoms with Crippen molar-refractivity contribution in [2.75, 3.05) is 20.3 Å². The van der Waals surface area contributed by atoms with E-state index in [4.69, 9.17) is 18.9 Å². The predicted molar refractivity (Wildman–Crippen MR) is 236 cm³/mol. The van der Waals surface area contributed by atoms with Crippen LogP contribution in [-0.4, -0.2) is 108 Å². The average molecular weight is 915 g/mol. The van der Waals surface area contributed by atoms with Gasteiger partial charge in [0.1, 0.15) is 30.0 Å². The third kappa shape index (κ3) is 16.7. The van der Waals surface area contributed by atoms with Crippen molar-refractivity contribution >= 4 is 35.8 Å². The first-order valence-corrected chi connectivity index (χ1v) is 22.5. The van der Waals surface area contributed by atoms with Crippen LogP contribution in [0.1, 0.15) is 127 Å². The number of hydrogen-bond donors (Lipinski definition) is 2. The molecule has 0 radical (unpaired) electrons. The molecule has 2 aliphatic rings. The average Bonchev–Trinajstić information content (AvgIpc) is 3.63. The van der Waals surface area contributed by atoms with E-state index in [0.717, 1.165) is 56.2 Å². The molecule has 358 valence electrons. The highest BCUT2D eigenvalue weighted by Crippen LogP contribution is 2.43. The molecule has 2 N–H and O–H groups in total. The molecule has 1 saturated heterocycles. The van der Waals surface area contributed by atoms with Gasteiger partial charge in [-0.2, -0.15) is 13.2 Å². The summed E-state index contributed by atoms with van der Waals surface area (Å²) in [5.74, 6) is -4.74. The lowest BCUT2D eigenvalue weighted by atomic mass is 9.90. The number of carbonyl (C=O) groups is 5. The second-order valence-corrected chi connectivity index (χ2v) is 17.6. The zero-order valence-corrected chi connectivity index (χ0v) is 38.3. The number of unbranched alkanes of at least 4 members (excludes halogenated alkanes) is 4. The van der Waals surface area contributed by atoms with Gasteiger partial charge in [-0.25, -0.2) is 9.59 Å². The van der Waals surface area contributed by atoms with Gasteiger partial charge in [-0.15, -0.1) is 0 Å². The molecule has 2 amide bonds. The van der Waals surface area contributed by atoms with Crippen molar-refractivity contribution < 1.29 is 65.9 Å². The molecular weight excluding hydrogens is 850 g/mol.